The van der Waals surface area contributed by atoms with Crippen molar-refractivity contribution in [2.45, 2.75) is 4.90 Å². The number of halogens is 2. The Bertz CT molecular complexity index is 780. The predicted molar refractivity (Wildman–Crippen MR) is 76.2 cm³/mol. The zero-order valence-electron chi connectivity index (χ0n) is 9.84. The van der Waals surface area contributed by atoms with E-state index in [1.165, 1.54) is 36.5 Å². The minimum absolute atomic E-state index is 0.0499. The van der Waals surface area contributed by atoms with Crippen LogP contribution in [0, 0.1) is 11.3 Å². The molecular formula is C12H7Cl2N3O2S. The van der Waals surface area contributed by atoms with Crippen LogP contribution in [-0.4, -0.2) is 13.4 Å². The summed E-state index contributed by atoms with van der Waals surface area (Å²) in [5, 5.41) is 9.29. The maximum atomic E-state index is 12.2. The summed E-state index contributed by atoms with van der Waals surface area (Å²) in [6.07, 6.45) is 1.38. The molecular weight excluding hydrogens is 321 g/mol. The average Bonchev–Trinajstić information content (AvgIpc) is 2.38. The number of anilines is 1. The number of nitrogens with one attached hydrogen (secondary N) is 1. The van der Waals surface area contributed by atoms with Gasteiger partial charge in [0.2, 0.25) is 0 Å². The third-order valence-electron chi connectivity index (χ3n) is 2.31. The SMILES string of the molecule is N#Cc1cccnc1NS(=O)(=O)c1cc(Cl)cc(Cl)c1. The van der Waals surface area contributed by atoms with E-state index in [0.29, 0.717) is 0 Å². The van der Waals surface area contributed by atoms with Gasteiger partial charge in [-0.05, 0) is 30.3 Å². The summed E-state index contributed by atoms with van der Waals surface area (Å²) in [4.78, 5) is 3.72. The number of pyridine rings is 1. The first-order chi connectivity index (χ1) is 9.42. The molecule has 0 aliphatic rings. The molecule has 20 heavy (non-hydrogen) atoms. The van der Waals surface area contributed by atoms with Crippen molar-refractivity contribution in [1.82, 2.24) is 4.98 Å². The molecule has 8 heteroatoms. The van der Waals surface area contributed by atoms with Crippen molar-refractivity contribution < 1.29 is 8.42 Å². The zero-order chi connectivity index (χ0) is 14.8. The molecule has 0 atom stereocenters. The molecule has 1 N–H and O–H groups in total. The summed E-state index contributed by atoms with van der Waals surface area (Å²) in [5.74, 6) is -0.0499. The van der Waals surface area contributed by atoms with Crippen molar-refractivity contribution in [2.24, 2.45) is 0 Å². The molecule has 0 spiro atoms. The van der Waals surface area contributed by atoms with Crippen LogP contribution in [0.25, 0.3) is 0 Å². The van der Waals surface area contributed by atoms with Crippen molar-refractivity contribution in [2.75, 3.05) is 4.72 Å². The Morgan fingerprint density at radius 1 is 1.20 bits per heavy atom. The van der Waals surface area contributed by atoms with Crippen LogP contribution in [0.3, 0.4) is 0 Å². The van der Waals surface area contributed by atoms with Crippen molar-refractivity contribution in [3.8, 4) is 6.07 Å². The van der Waals surface area contributed by atoms with Gasteiger partial charge in [0.15, 0.2) is 5.82 Å². The number of nitriles is 1. The standard InChI is InChI=1S/C12H7Cl2N3O2S/c13-9-4-10(14)6-11(5-9)20(18,19)17-12-8(7-15)2-1-3-16-12/h1-6H,(H,16,17). The number of benzene rings is 1. The van der Waals surface area contributed by atoms with Crippen molar-refractivity contribution in [3.05, 3.63) is 52.1 Å². The van der Waals surface area contributed by atoms with E-state index in [1.54, 1.807) is 0 Å². The van der Waals surface area contributed by atoms with Gasteiger partial charge in [-0.25, -0.2) is 13.4 Å². The van der Waals surface area contributed by atoms with E-state index < -0.39 is 10.0 Å². The van der Waals surface area contributed by atoms with Crippen LogP contribution in [0.5, 0.6) is 0 Å². The van der Waals surface area contributed by atoms with Crippen LogP contribution >= 0.6 is 23.2 Å². The smallest absolute Gasteiger partial charge is 0.262 e. The molecule has 1 aromatic carbocycles. The third kappa shape index (κ3) is 3.20. The van der Waals surface area contributed by atoms with Gasteiger partial charge in [0, 0.05) is 16.2 Å². The molecule has 102 valence electrons. The lowest BCUT2D eigenvalue weighted by Crippen LogP contribution is -2.15. The molecule has 5 nitrogen and oxygen atoms in total. The first-order valence-electron chi connectivity index (χ1n) is 5.26. The number of hydrogen-bond donors (Lipinski definition) is 1. The molecule has 0 unspecified atom stereocenters. The van der Waals surface area contributed by atoms with Gasteiger partial charge in [-0.3, -0.25) is 4.72 Å². The fourth-order valence-electron chi connectivity index (χ4n) is 1.45. The summed E-state index contributed by atoms with van der Waals surface area (Å²) in [6, 6.07) is 8.77. The molecule has 2 rings (SSSR count). The molecule has 0 aliphatic heterocycles. The third-order valence-corrected chi connectivity index (χ3v) is 4.06. The Morgan fingerprint density at radius 2 is 1.85 bits per heavy atom. The summed E-state index contributed by atoms with van der Waals surface area (Å²) in [6.45, 7) is 0. The molecule has 0 radical (unpaired) electrons. The first kappa shape index (κ1) is 14.6. The Morgan fingerprint density at radius 3 is 2.45 bits per heavy atom. The lowest BCUT2D eigenvalue weighted by molar-refractivity contribution is 0.601. The number of hydrogen-bond acceptors (Lipinski definition) is 4. The maximum Gasteiger partial charge on any atom is 0.263 e. The van der Waals surface area contributed by atoms with Gasteiger partial charge in [0.25, 0.3) is 10.0 Å². The quantitative estimate of drug-likeness (QED) is 0.939. The van der Waals surface area contributed by atoms with Crippen molar-refractivity contribution >= 4 is 39.0 Å². The topological polar surface area (TPSA) is 82.8 Å². The lowest BCUT2D eigenvalue weighted by Gasteiger charge is -2.09. The fourth-order valence-corrected chi connectivity index (χ4v) is 3.20. The predicted octanol–water partition coefficient (Wildman–Crippen LogP) is 3.06. The highest BCUT2D eigenvalue weighted by atomic mass is 35.5. The average molecular weight is 328 g/mol. The molecule has 0 fully saturated rings. The number of sulfonamides is 1. The van der Waals surface area contributed by atoms with Crippen LogP contribution in [0.1, 0.15) is 5.56 Å². The second-order valence-electron chi connectivity index (χ2n) is 3.72. The molecule has 0 aliphatic carbocycles. The number of nitrogens with zero attached hydrogens (tertiary/aromatic N) is 2. The van der Waals surface area contributed by atoms with Gasteiger partial charge in [-0.1, -0.05) is 23.2 Å². The van der Waals surface area contributed by atoms with E-state index in [2.05, 4.69) is 9.71 Å². The molecule has 0 bridgehead atoms. The first-order valence-corrected chi connectivity index (χ1v) is 7.50. The van der Waals surface area contributed by atoms with Gasteiger partial charge in [0.05, 0.1) is 10.5 Å². The van der Waals surface area contributed by atoms with Crippen LogP contribution < -0.4 is 4.72 Å². The van der Waals surface area contributed by atoms with E-state index >= 15 is 0 Å². The highest BCUT2D eigenvalue weighted by molar-refractivity contribution is 7.92. The van der Waals surface area contributed by atoms with Crippen LogP contribution in [0.15, 0.2) is 41.4 Å². The maximum absolute atomic E-state index is 12.2. The van der Waals surface area contributed by atoms with E-state index in [-0.39, 0.29) is 26.3 Å². The molecule has 2 aromatic rings. The normalized spacial score (nSPS) is 10.8. The van der Waals surface area contributed by atoms with Gasteiger partial charge >= 0.3 is 0 Å². The van der Waals surface area contributed by atoms with E-state index in [1.807, 2.05) is 6.07 Å². The lowest BCUT2D eigenvalue weighted by atomic mass is 10.3. The summed E-state index contributed by atoms with van der Waals surface area (Å²) in [5.41, 5.74) is 0.115. The van der Waals surface area contributed by atoms with Gasteiger partial charge in [-0.2, -0.15) is 5.26 Å². The Balaban J connectivity index is 2.44. The van der Waals surface area contributed by atoms with Gasteiger partial charge in [0.1, 0.15) is 6.07 Å². The van der Waals surface area contributed by atoms with E-state index in [4.69, 9.17) is 28.5 Å². The highest BCUT2D eigenvalue weighted by Crippen LogP contribution is 2.24. The number of rotatable bonds is 3. The minimum atomic E-state index is -3.92. The summed E-state index contributed by atoms with van der Waals surface area (Å²) in [7, 11) is -3.92. The Kier molecular flexibility index (Phi) is 4.14. The van der Waals surface area contributed by atoms with E-state index in [9.17, 15) is 8.42 Å². The van der Waals surface area contributed by atoms with Gasteiger partial charge < -0.3 is 0 Å². The van der Waals surface area contributed by atoms with Crippen LogP contribution in [0.2, 0.25) is 10.0 Å². The highest BCUT2D eigenvalue weighted by Gasteiger charge is 2.18. The second kappa shape index (κ2) is 5.67. The second-order valence-corrected chi connectivity index (χ2v) is 6.28. The fraction of sp³-hybridized carbons (Fsp3) is 0. The monoisotopic (exact) mass is 327 g/mol. The van der Waals surface area contributed by atoms with Crippen LogP contribution in [-0.2, 0) is 10.0 Å². The summed E-state index contributed by atoms with van der Waals surface area (Å²) >= 11 is 11.5. The molecule has 1 aromatic heterocycles. The largest absolute Gasteiger partial charge is 0.263 e. The molecule has 0 saturated carbocycles. The summed E-state index contributed by atoms with van der Waals surface area (Å²) < 4.78 is 26.6. The Hall–Kier alpha value is -1.81. The van der Waals surface area contributed by atoms with Crippen molar-refractivity contribution in [1.29, 1.82) is 5.26 Å². The number of aromatic nitrogens is 1. The van der Waals surface area contributed by atoms with Crippen LogP contribution in [0.4, 0.5) is 5.82 Å². The van der Waals surface area contributed by atoms with Gasteiger partial charge in [-0.15, -0.1) is 0 Å². The molecule has 0 saturated heterocycles. The minimum Gasteiger partial charge on any atom is -0.262 e. The Labute approximate surface area is 125 Å². The molecule has 1 heterocycles. The van der Waals surface area contributed by atoms with E-state index in [0.717, 1.165) is 0 Å². The molecule has 0 amide bonds. The van der Waals surface area contributed by atoms with Crippen molar-refractivity contribution in [3.63, 3.8) is 0 Å². The zero-order valence-corrected chi connectivity index (χ0v) is 12.2.